The predicted molar refractivity (Wildman–Crippen MR) is 89.9 cm³/mol. The first kappa shape index (κ1) is 16.0. The van der Waals surface area contributed by atoms with Gasteiger partial charge in [-0.1, -0.05) is 62.9 Å². The van der Waals surface area contributed by atoms with Gasteiger partial charge in [0.1, 0.15) is 5.75 Å². The van der Waals surface area contributed by atoms with Crippen LogP contribution in [0.3, 0.4) is 0 Å². The van der Waals surface area contributed by atoms with Crippen molar-refractivity contribution in [1.29, 1.82) is 0 Å². The zero-order valence-electron chi connectivity index (χ0n) is 10.7. The van der Waals surface area contributed by atoms with Crippen LogP contribution in [0.5, 0.6) is 5.75 Å². The van der Waals surface area contributed by atoms with Crippen LogP contribution in [-0.2, 0) is 0 Å². The van der Waals surface area contributed by atoms with Gasteiger partial charge in [0.2, 0.25) is 0 Å². The molecule has 1 atom stereocenters. The minimum atomic E-state index is -0.0551. The highest BCUT2D eigenvalue weighted by Gasteiger charge is 2.17. The first-order valence-electron chi connectivity index (χ1n) is 6.04. The fraction of sp³-hybridized carbons (Fsp3) is 0.200. The van der Waals surface area contributed by atoms with Crippen LogP contribution in [0.2, 0.25) is 15.1 Å². The molecule has 0 heterocycles. The molecule has 0 radical (unpaired) electrons. The summed E-state index contributed by atoms with van der Waals surface area (Å²) < 4.78 is 5.42. The SMILES string of the molecule is CCOc1cc(Cl)c(C(Br)c2ccc(Cl)cc2)cc1Cl. The Hall–Kier alpha value is -0.410. The highest BCUT2D eigenvalue weighted by Crippen LogP contribution is 2.40. The van der Waals surface area contributed by atoms with Gasteiger partial charge in [0, 0.05) is 16.1 Å². The van der Waals surface area contributed by atoms with Crippen molar-refractivity contribution in [3.63, 3.8) is 0 Å². The smallest absolute Gasteiger partial charge is 0.139 e. The van der Waals surface area contributed by atoms with Crippen LogP contribution in [0, 0.1) is 0 Å². The maximum absolute atomic E-state index is 6.32. The van der Waals surface area contributed by atoms with Gasteiger partial charge in [-0.25, -0.2) is 0 Å². The fourth-order valence-electron chi connectivity index (χ4n) is 1.82. The number of alkyl halides is 1. The Labute approximate surface area is 141 Å². The lowest BCUT2D eigenvalue weighted by Gasteiger charge is -2.15. The molecule has 2 rings (SSSR count). The molecule has 0 aliphatic heterocycles. The molecule has 106 valence electrons. The maximum atomic E-state index is 6.32. The number of ether oxygens (including phenoxy) is 1. The molecule has 5 heteroatoms. The Balaban J connectivity index is 2.37. The van der Waals surface area contributed by atoms with E-state index < -0.39 is 0 Å². The highest BCUT2D eigenvalue weighted by atomic mass is 79.9. The van der Waals surface area contributed by atoms with Crippen LogP contribution >= 0.6 is 50.7 Å². The number of rotatable bonds is 4. The van der Waals surface area contributed by atoms with Crippen molar-refractivity contribution in [1.82, 2.24) is 0 Å². The van der Waals surface area contributed by atoms with E-state index in [0.717, 1.165) is 11.1 Å². The molecular formula is C15H12BrCl3O. The second-order valence-corrected chi connectivity index (χ2v) is 6.32. The number of halogens is 4. The van der Waals surface area contributed by atoms with Gasteiger partial charge in [-0.15, -0.1) is 0 Å². The molecule has 0 amide bonds. The molecule has 0 aliphatic carbocycles. The summed E-state index contributed by atoms with van der Waals surface area (Å²) in [7, 11) is 0. The molecule has 20 heavy (non-hydrogen) atoms. The molecule has 1 unspecified atom stereocenters. The summed E-state index contributed by atoms with van der Waals surface area (Å²) in [6, 6.07) is 11.1. The summed E-state index contributed by atoms with van der Waals surface area (Å²) in [6.45, 7) is 2.45. The van der Waals surface area contributed by atoms with Crippen molar-refractivity contribution >= 4 is 50.7 Å². The van der Waals surface area contributed by atoms with Gasteiger partial charge >= 0.3 is 0 Å². The molecule has 0 saturated carbocycles. The van der Waals surface area contributed by atoms with Crippen molar-refractivity contribution in [2.75, 3.05) is 6.61 Å². The van der Waals surface area contributed by atoms with Crippen molar-refractivity contribution in [3.05, 3.63) is 62.6 Å². The van der Waals surface area contributed by atoms with Crippen molar-refractivity contribution in [2.24, 2.45) is 0 Å². The summed E-state index contributed by atoms with van der Waals surface area (Å²) in [4.78, 5) is -0.0551. The molecule has 0 bridgehead atoms. The normalized spacial score (nSPS) is 12.2. The molecule has 2 aromatic carbocycles. The maximum Gasteiger partial charge on any atom is 0.139 e. The van der Waals surface area contributed by atoms with Crippen LogP contribution in [0.1, 0.15) is 22.9 Å². The largest absolute Gasteiger partial charge is 0.492 e. The quantitative estimate of drug-likeness (QED) is 0.536. The van der Waals surface area contributed by atoms with Crippen LogP contribution in [0.15, 0.2) is 36.4 Å². The molecule has 0 saturated heterocycles. The van der Waals surface area contributed by atoms with Crippen molar-refractivity contribution in [3.8, 4) is 5.75 Å². The first-order chi connectivity index (χ1) is 9.52. The average Bonchev–Trinajstić information content (AvgIpc) is 2.43. The minimum Gasteiger partial charge on any atom is -0.492 e. The van der Waals surface area contributed by atoms with E-state index in [1.165, 1.54) is 0 Å². The minimum absolute atomic E-state index is 0.0551. The number of benzene rings is 2. The summed E-state index contributed by atoms with van der Waals surface area (Å²) in [5, 5.41) is 1.85. The molecule has 0 spiro atoms. The summed E-state index contributed by atoms with van der Waals surface area (Å²) >= 11 is 22.1. The van der Waals surface area contributed by atoms with Gasteiger partial charge in [0.05, 0.1) is 16.5 Å². The van der Waals surface area contributed by atoms with Gasteiger partial charge in [-0.3, -0.25) is 0 Å². The lowest BCUT2D eigenvalue weighted by Crippen LogP contribution is -1.97. The Morgan fingerprint density at radius 1 is 1.05 bits per heavy atom. The van der Waals surface area contributed by atoms with Crippen LogP contribution in [0.25, 0.3) is 0 Å². The molecule has 1 nitrogen and oxygen atoms in total. The van der Waals surface area contributed by atoms with E-state index in [2.05, 4.69) is 15.9 Å². The van der Waals surface area contributed by atoms with Crippen molar-refractivity contribution in [2.45, 2.75) is 11.8 Å². The molecule has 0 fully saturated rings. The zero-order valence-corrected chi connectivity index (χ0v) is 14.5. The lowest BCUT2D eigenvalue weighted by molar-refractivity contribution is 0.340. The van der Waals surface area contributed by atoms with Crippen LogP contribution in [-0.4, -0.2) is 6.61 Å². The van der Waals surface area contributed by atoms with E-state index in [1.54, 1.807) is 6.07 Å². The van der Waals surface area contributed by atoms with E-state index in [-0.39, 0.29) is 4.83 Å². The molecule has 0 aromatic heterocycles. The summed E-state index contributed by atoms with van der Waals surface area (Å²) in [5.74, 6) is 0.596. The number of hydrogen-bond acceptors (Lipinski definition) is 1. The van der Waals surface area contributed by atoms with Crippen LogP contribution < -0.4 is 4.74 Å². The van der Waals surface area contributed by atoms with Gasteiger partial charge in [-0.05, 0) is 36.2 Å². The standard InChI is InChI=1S/C15H12BrCl3O/c1-2-20-14-8-12(18)11(7-13(14)19)15(16)9-3-5-10(17)6-4-9/h3-8,15H,2H2,1H3. The zero-order chi connectivity index (χ0) is 14.7. The molecule has 0 aliphatic rings. The molecule has 2 aromatic rings. The Bertz CT molecular complexity index is 599. The van der Waals surface area contributed by atoms with E-state index in [1.807, 2.05) is 37.3 Å². The van der Waals surface area contributed by atoms with Gasteiger partial charge in [-0.2, -0.15) is 0 Å². The van der Waals surface area contributed by atoms with Gasteiger partial charge < -0.3 is 4.74 Å². The van der Waals surface area contributed by atoms with Gasteiger partial charge in [0.15, 0.2) is 0 Å². The van der Waals surface area contributed by atoms with E-state index >= 15 is 0 Å². The third-order valence-corrected chi connectivity index (χ3v) is 4.68. The van der Waals surface area contributed by atoms with Gasteiger partial charge in [0.25, 0.3) is 0 Å². The second-order valence-electron chi connectivity index (χ2n) is 4.15. The van der Waals surface area contributed by atoms with Crippen LogP contribution in [0.4, 0.5) is 0 Å². The first-order valence-corrected chi connectivity index (χ1v) is 8.09. The van der Waals surface area contributed by atoms with E-state index in [0.29, 0.717) is 27.4 Å². The fourth-order valence-corrected chi connectivity index (χ4v) is 3.25. The Kier molecular flexibility index (Phi) is 5.62. The monoisotopic (exact) mass is 392 g/mol. The Morgan fingerprint density at radius 2 is 1.70 bits per heavy atom. The summed E-state index contributed by atoms with van der Waals surface area (Å²) in [5.41, 5.74) is 1.94. The summed E-state index contributed by atoms with van der Waals surface area (Å²) in [6.07, 6.45) is 0. The lowest BCUT2D eigenvalue weighted by atomic mass is 10.0. The third-order valence-electron chi connectivity index (χ3n) is 2.79. The van der Waals surface area contributed by atoms with E-state index in [4.69, 9.17) is 39.5 Å². The molecular weight excluding hydrogens is 382 g/mol. The average molecular weight is 395 g/mol. The second kappa shape index (κ2) is 7.04. The van der Waals surface area contributed by atoms with E-state index in [9.17, 15) is 0 Å². The third kappa shape index (κ3) is 3.62. The predicted octanol–water partition coefficient (Wildman–Crippen LogP) is 6.53. The molecule has 0 N–H and O–H groups in total. The highest BCUT2D eigenvalue weighted by molar-refractivity contribution is 9.09. The topological polar surface area (TPSA) is 9.23 Å². The number of hydrogen-bond donors (Lipinski definition) is 0. The Morgan fingerprint density at radius 3 is 2.30 bits per heavy atom. The van der Waals surface area contributed by atoms with Crippen molar-refractivity contribution < 1.29 is 4.74 Å².